The minimum atomic E-state index is 0.239. The molecular formula is C13H17NO. The summed E-state index contributed by atoms with van der Waals surface area (Å²) in [6.07, 6.45) is 3.09. The van der Waals surface area contributed by atoms with Crippen LogP contribution >= 0.6 is 0 Å². The molecule has 1 fully saturated rings. The molecule has 1 aromatic carbocycles. The first-order valence-corrected chi connectivity index (χ1v) is 5.59. The third-order valence-corrected chi connectivity index (χ3v) is 2.90. The fourth-order valence-corrected chi connectivity index (χ4v) is 1.70. The molecule has 80 valence electrons. The van der Waals surface area contributed by atoms with Crippen molar-refractivity contribution in [1.82, 2.24) is 5.32 Å². The third-order valence-electron chi connectivity index (χ3n) is 2.90. The van der Waals surface area contributed by atoms with Crippen LogP contribution in [0.1, 0.15) is 24.0 Å². The molecule has 0 aliphatic heterocycles. The number of hydrogen-bond acceptors (Lipinski definition) is 1. The first-order valence-electron chi connectivity index (χ1n) is 5.59. The van der Waals surface area contributed by atoms with Crippen LogP contribution in [-0.4, -0.2) is 12.5 Å². The lowest BCUT2D eigenvalue weighted by Crippen LogP contribution is -2.27. The Morgan fingerprint density at radius 1 is 1.40 bits per heavy atom. The Bertz CT molecular complexity index is 355. The molecule has 0 spiro atoms. The molecule has 2 rings (SSSR count). The van der Waals surface area contributed by atoms with Crippen molar-refractivity contribution in [3.8, 4) is 0 Å². The average molecular weight is 203 g/mol. The maximum Gasteiger partial charge on any atom is 0.223 e. The number of rotatable bonds is 4. The van der Waals surface area contributed by atoms with E-state index < -0.39 is 0 Å². The fraction of sp³-hybridized carbons (Fsp3) is 0.462. The number of amides is 1. The summed E-state index contributed by atoms with van der Waals surface area (Å²) in [6.45, 7) is 2.87. The number of carbonyl (C=O) groups excluding carboxylic acids is 1. The van der Waals surface area contributed by atoms with E-state index in [0.29, 0.717) is 5.92 Å². The molecule has 15 heavy (non-hydrogen) atoms. The number of hydrogen-bond donors (Lipinski definition) is 1. The highest BCUT2D eigenvalue weighted by molar-refractivity contribution is 5.80. The number of aryl methyl sites for hydroxylation is 1. The van der Waals surface area contributed by atoms with Crippen LogP contribution in [0.15, 0.2) is 24.3 Å². The van der Waals surface area contributed by atoms with Crippen LogP contribution in [0.25, 0.3) is 0 Å². The van der Waals surface area contributed by atoms with E-state index in [4.69, 9.17) is 0 Å². The summed E-state index contributed by atoms with van der Waals surface area (Å²) < 4.78 is 0. The second kappa shape index (κ2) is 4.47. The van der Waals surface area contributed by atoms with Crippen molar-refractivity contribution in [1.29, 1.82) is 0 Å². The lowest BCUT2D eigenvalue weighted by atomic mass is 10.1. The van der Waals surface area contributed by atoms with E-state index in [2.05, 4.69) is 24.4 Å². The van der Waals surface area contributed by atoms with Crippen molar-refractivity contribution in [2.45, 2.75) is 26.2 Å². The number of benzene rings is 1. The van der Waals surface area contributed by atoms with Crippen molar-refractivity contribution in [2.75, 3.05) is 6.54 Å². The van der Waals surface area contributed by atoms with E-state index in [1.54, 1.807) is 0 Å². The van der Waals surface area contributed by atoms with Crippen LogP contribution in [0.5, 0.6) is 0 Å². The molecule has 1 amide bonds. The summed E-state index contributed by atoms with van der Waals surface area (Å²) in [5, 5.41) is 2.98. The Labute approximate surface area is 90.7 Å². The van der Waals surface area contributed by atoms with E-state index in [1.165, 1.54) is 11.1 Å². The van der Waals surface area contributed by atoms with Gasteiger partial charge in [0.05, 0.1) is 0 Å². The van der Waals surface area contributed by atoms with E-state index in [-0.39, 0.29) is 5.91 Å². The van der Waals surface area contributed by atoms with Crippen molar-refractivity contribution in [2.24, 2.45) is 5.92 Å². The predicted molar refractivity (Wildman–Crippen MR) is 60.6 cm³/mol. The van der Waals surface area contributed by atoms with Gasteiger partial charge in [-0.3, -0.25) is 4.79 Å². The highest BCUT2D eigenvalue weighted by Gasteiger charge is 2.28. The van der Waals surface area contributed by atoms with Gasteiger partial charge in [-0.05, 0) is 37.3 Å². The van der Waals surface area contributed by atoms with Crippen LogP contribution in [0.2, 0.25) is 0 Å². The molecule has 1 N–H and O–H groups in total. The van der Waals surface area contributed by atoms with Crippen molar-refractivity contribution >= 4 is 5.91 Å². The molecule has 0 unspecified atom stereocenters. The molecule has 2 heteroatoms. The zero-order chi connectivity index (χ0) is 10.7. The van der Waals surface area contributed by atoms with Crippen LogP contribution in [-0.2, 0) is 11.2 Å². The van der Waals surface area contributed by atoms with E-state index in [9.17, 15) is 4.79 Å². The summed E-state index contributed by atoms with van der Waals surface area (Å²) in [7, 11) is 0. The normalized spacial score (nSPS) is 15.0. The van der Waals surface area contributed by atoms with E-state index >= 15 is 0 Å². The first-order chi connectivity index (χ1) is 7.27. The van der Waals surface area contributed by atoms with Gasteiger partial charge in [-0.2, -0.15) is 0 Å². The van der Waals surface area contributed by atoms with Gasteiger partial charge in [-0.15, -0.1) is 0 Å². The summed E-state index contributed by atoms with van der Waals surface area (Å²) in [4.78, 5) is 11.4. The van der Waals surface area contributed by atoms with Gasteiger partial charge in [0.25, 0.3) is 0 Å². The van der Waals surface area contributed by atoms with Gasteiger partial charge < -0.3 is 5.32 Å². The molecule has 0 aromatic heterocycles. The highest BCUT2D eigenvalue weighted by Crippen LogP contribution is 2.28. The maximum absolute atomic E-state index is 11.4. The molecule has 1 aromatic rings. The second-order valence-electron chi connectivity index (χ2n) is 4.24. The maximum atomic E-state index is 11.4. The zero-order valence-electron chi connectivity index (χ0n) is 9.12. The first kappa shape index (κ1) is 10.2. The molecule has 0 bridgehead atoms. The molecule has 1 aliphatic carbocycles. The summed E-state index contributed by atoms with van der Waals surface area (Å²) in [5.74, 6) is 0.561. The van der Waals surface area contributed by atoms with Gasteiger partial charge in [0.15, 0.2) is 0 Å². The SMILES string of the molecule is Cc1ccccc1CCNC(=O)C1CC1. The van der Waals surface area contributed by atoms with Gasteiger partial charge in [-0.25, -0.2) is 0 Å². The average Bonchev–Trinajstić information content (AvgIpc) is 3.04. The third kappa shape index (κ3) is 2.82. The topological polar surface area (TPSA) is 29.1 Å². The quantitative estimate of drug-likeness (QED) is 0.797. The van der Waals surface area contributed by atoms with Crippen LogP contribution in [0.3, 0.4) is 0 Å². The molecule has 0 atom stereocenters. The Morgan fingerprint density at radius 3 is 2.80 bits per heavy atom. The van der Waals surface area contributed by atoms with Crippen molar-refractivity contribution in [3.05, 3.63) is 35.4 Å². The minimum Gasteiger partial charge on any atom is -0.356 e. The molecule has 2 nitrogen and oxygen atoms in total. The molecule has 0 heterocycles. The number of carbonyl (C=O) groups is 1. The lowest BCUT2D eigenvalue weighted by Gasteiger charge is -2.06. The van der Waals surface area contributed by atoms with Crippen LogP contribution in [0.4, 0.5) is 0 Å². The van der Waals surface area contributed by atoms with Crippen molar-refractivity contribution in [3.63, 3.8) is 0 Å². The fourth-order valence-electron chi connectivity index (χ4n) is 1.70. The summed E-state index contributed by atoms with van der Waals surface area (Å²) >= 11 is 0. The smallest absolute Gasteiger partial charge is 0.223 e. The standard InChI is InChI=1S/C13H17NO/c1-10-4-2-3-5-11(10)8-9-14-13(15)12-6-7-12/h2-5,12H,6-9H2,1H3,(H,14,15). The molecule has 1 saturated carbocycles. The van der Waals surface area contributed by atoms with Gasteiger partial charge in [-0.1, -0.05) is 24.3 Å². The molecule has 1 aliphatic rings. The molecule has 0 radical (unpaired) electrons. The van der Waals surface area contributed by atoms with Gasteiger partial charge in [0.2, 0.25) is 5.91 Å². The van der Waals surface area contributed by atoms with Gasteiger partial charge in [0.1, 0.15) is 0 Å². The number of nitrogens with one attached hydrogen (secondary N) is 1. The predicted octanol–water partition coefficient (Wildman–Crippen LogP) is 2.06. The Morgan fingerprint density at radius 2 is 2.13 bits per heavy atom. The van der Waals surface area contributed by atoms with Gasteiger partial charge in [0, 0.05) is 12.5 Å². The largest absolute Gasteiger partial charge is 0.356 e. The lowest BCUT2D eigenvalue weighted by molar-refractivity contribution is -0.122. The molecular weight excluding hydrogens is 186 g/mol. The van der Waals surface area contributed by atoms with E-state index in [0.717, 1.165) is 25.8 Å². The van der Waals surface area contributed by atoms with Crippen molar-refractivity contribution < 1.29 is 4.79 Å². The monoisotopic (exact) mass is 203 g/mol. The zero-order valence-corrected chi connectivity index (χ0v) is 9.12. The minimum absolute atomic E-state index is 0.239. The van der Waals surface area contributed by atoms with E-state index in [1.807, 2.05) is 12.1 Å². The second-order valence-corrected chi connectivity index (χ2v) is 4.24. The Hall–Kier alpha value is -1.31. The van der Waals surface area contributed by atoms with Crippen LogP contribution < -0.4 is 5.32 Å². The summed E-state index contributed by atoms with van der Waals surface area (Å²) in [6, 6.07) is 8.32. The Kier molecular flexibility index (Phi) is 3.05. The van der Waals surface area contributed by atoms with Gasteiger partial charge >= 0.3 is 0 Å². The molecule has 0 saturated heterocycles. The Balaban J connectivity index is 1.78. The highest BCUT2D eigenvalue weighted by atomic mass is 16.2. The van der Waals surface area contributed by atoms with Crippen LogP contribution in [0, 0.1) is 12.8 Å². The summed E-state index contributed by atoms with van der Waals surface area (Å²) in [5.41, 5.74) is 2.63.